The normalized spacial score (nSPS) is 11.5. The van der Waals surface area contributed by atoms with Crippen LogP contribution in [0, 0.1) is 6.92 Å². The number of hydrogen-bond donors (Lipinski definition) is 1. The zero-order valence-electron chi connectivity index (χ0n) is 14.6. The van der Waals surface area contributed by atoms with Crippen molar-refractivity contribution in [3.63, 3.8) is 0 Å². The Balaban J connectivity index is 1.73. The maximum atomic E-state index is 12.4. The Hall–Kier alpha value is -2.87. The fraction of sp³-hybridized carbons (Fsp3) is 0.222. The molecular weight excluding hydrogens is 352 g/mol. The van der Waals surface area contributed by atoms with Gasteiger partial charge < -0.3 is 5.32 Å². The maximum Gasteiger partial charge on any atom is 0.241 e. The highest BCUT2D eigenvalue weighted by Crippen LogP contribution is 2.18. The molecule has 0 bridgehead atoms. The molecular formula is C18H20N4O3S. The summed E-state index contributed by atoms with van der Waals surface area (Å²) in [6.07, 6.45) is 4.60. The van der Waals surface area contributed by atoms with Crippen LogP contribution in [0.4, 0.5) is 5.69 Å². The predicted molar refractivity (Wildman–Crippen MR) is 100 cm³/mol. The summed E-state index contributed by atoms with van der Waals surface area (Å²) in [6, 6.07) is 12.6. The molecule has 3 rings (SSSR count). The van der Waals surface area contributed by atoms with Crippen molar-refractivity contribution in [2.45, 2.75) is 13.5 Å². The van der Waals surface area contributed by atoms with Gasteiger partial charge in [0.05, 0.1) is 17.5 Å². The molecule has 7 nitrogen and oxygen atoms in total. The zero-order chi connectivity index (χ0) is 18.7. The van der Waals surface area contributed by atoms with Crippen LogP contribution >= 0.6 is 0 Å². The number of carbonyl (C=O) groups is 1. The number of pyridine rings is 1. The van der Waals surface area contributed by atoms with Crippen LogP contribution in [0.5, 0.6) is 0 Å². The van der Waals surface area contributed by atoms with Gasteiger partial charge in [-0.3, -0.25) is 9.10 Å². The van der Waals surface area contributed by atoms with Gasteiger partial charge in [0.2, 0.25) is 15.9 Å². The minimum absolute atomic E-state index is 0.273. The number of fused-ring (bicyclic) bond motifs is 1. The van der Waals surface area contributed by atoms with Crippen LogP contribution < -0.4 is 9.62 Å². The van der Waals surface area contributed by atoms with Crippen molar-refractivity contribution in [3.05, 3.63) is 66.0 Å². The monoisotopic (exact) mass is 372 g/mol. The number of rotatable bonds is 6. The highest BCUT2D eigenvalue weighted by molar-refractivity contribution is 7.92. The van der Waals surface area contributed by atoms with Crippen molar-refractivity contribution in [1.29, 1.82) is 0 Å². The van der Waals surface area contributed by atoms with Crippen molar-refractivity contribution in [2.75, 3.05) is 17.1 Å². The molecule has 0 atom stereocenters. The molecule has 0 saturated carbocycles. The van der Waals surface area contributed by atoms with Gasteiger partial charge in [0, 0.05) is 18.9 Å². The van der Waals surface area contributed by atoms with E-state index in [1.807, 2.05) is 37.4 Å². The summed E-state index contributed by atoms with van der Waals surface area (Å²) >= 11 is 0. The lowest BCUT2D eigenvalue weighted by Crippen LogP contribution is -2.40. The molecule has 0 fully saturated rings. The van der Waals surface area contributed by atoms with Crippen LogP contribution in [0.15, 0.2) is 54.9 Å². The quantitative estimate of drug-likeness (QED) is 0.714. The molecule has 0 aliphatic rings. The number of benzene rings is 1. The molecule has 26 heavy (non-hydrogen) atoms. The van der Waals surface area contributed by atoms with Gasteiger partial charge in [0.1, 0.15) is 6.54 Å². The second-order valence-corrected chi connectivity index (χ2v) is 7.99. The predicted octanol–water partition coefficient (Wildman–Crippen LogP) is 1.73. The average molecular weight is 372 g/mol. The van der Waals surface area contributed by atoms with Crippen molar-refractivity contribution in [2.24, 2.45) is 0 Å². The molecule has 0 unspecified atom stereocenters. The Morgan fingerprint density at radius 2 is 2.04 bits per heavy atom. The Morgan fingerprint density at radius 3 is 2.77 bits per heavy atom. The number of aryl methyl sites for hydroxylation is 1. The number of sulfonamides is 1. The summed E-state index contributed by atoms with van der Waals surface area (Å²) in [5, 5.41) is 6.93. The fourth-order valence-corrected chi connectivity index (χ4v) is 3.57. The van der Waals surface area contributed by atoms with Crippen molar-refractivity contribution in [3.8, 4) is 0 Å². The zero-order valence-corrected chi connectivity index (χ0v) is 15.4. The fourth-order valence-electron chi connectivity index (χ4n) is 2.73. The number of nitrogens with one attached hydrogen (secondary N) is 1. The summed E-state index contributed by atoms with van der Waals surface area (Å²) in [6.45, 7) is 1.89. The van der Waals surface area contributed by atoms with E-state index in [4.69, 9.17) is 0 Å². The number of carbonyl (C=O) groups excluding carboxylic acids is 1. The molecule has 136 valence electrons. The summed E-state index contributed by atoms with van der Waals surface area (Å²) in [7, 11) is -3.58. The molecule has 1 aromatic carbocycles. The van der Waals surface area contributed by atoms with E-state index in [1.54, 1.807) is 28.9 Å². The molecule has 0 aliphatic heterocycles. The Kier molecular flexibility index (Phi) is 4.94. The van der Waals surface area contributed by atoms with Gasteiger partial charge in [-0.2, -0.15) is 5.10 Å². The second-order valence-electron chi connectivity index (χ2n) is 6.08. The van der Waals surface area contributed by atoms with Crippen LogP contribution in [0.25, 0.3) is 5.52 Å². The summed E-state index contributed by atoms with van der Waals surface area (Å²) in [5.41, 5.74) is 3.19. The van der Waals surface area contributed by atoms with E-state index in [-0.39, 0.29) is 12.5 Å². The van der Waals surface area contributed by atoms with Gasteiger partial charge >= 0.3 is 0 Å². The number of nitrogens with zero attached hydrogens (tertiary/aromatic N) is 3. The van der Waals surface area contributed by atoms with E-state index >= 15 is 0 Å². The molecule has 8 heteroatoms. The van der Waals surface area contributed by atoms with Crippen molar-refractivity contribution >= 4 is 27.1 Å². The van der Waals surface area contributed by atoms with Gasteiger partial charge in [-0.1, -0.05) is 18.2 Å². The van der Waals surface area contributed by atoms with Gasteiger partial charge in [-0.15, -0.1) is 0 Å². The molecule has 0 aliphatic carbocycles. The number of aromatic nitrogens is 2. The lowest BCUT2D eigenvalue weighted by atomic mass is 10.2. The third kappa shape index (κ3) is 4.02. The Bertz CT molecular complexity index is 1040. The number of anilines is 1. The van der Waals surface area contributed by atoms with Crippen LogP contribution in [-0.4, -0.2) is 36.7 Å². The average Bonchev–Trinajstić information content (AvgIpc) is 3.06. The van der Waals surface area contributed by atoms with Crippen LogP contribution in [0.1, 0.15) is 11.1 Å². The highest BCUT2D eigenvalue weighted by atomic mass is 32.2. The van der Waals surface area contributed by atoms with Gasteiger partial charge in [-0.25, -0.2) is 12.9 Å². The third-order valence-electron chi connectivity index (χ3n) is 3.98. The molecule has 1 amide bonds. The first-order valence-corrected chi connectivity index (χ1v) is 9.92. The van der Waals surface area contributed by atoms with Gasteiger partial charge in [-0.05, 0) is 42.3 Å². The highest BCUT2D eigenvalue weighted by Gasteiger charge is 2.20. The van der Waals surface area contributed by atoms with E-state index in [9.17, 15) is 13.2 Å². The van der Waals surface area contributed by atoms with Crippen LogP contribution in [0.2, 0.25) is 0 Å². The molecule has 3 aromatic rings. The first kappa shape index (κ1) is 17.9. The van der Waals surface area contributed by atoms with E-state index < -0.39 is 10.0 Å². The van der Waals surface area contributed by atoms with Crippen molar-refractivity contribution in [1.82, 2.24) is 14.9 Å². The van der Waals surface area contributed by atoms with Crippen LogP contribution in [-0.2, 0) is 21.4 Å². The van der Waals surface area contributed by atoms with E-state index in [1.165, 1.54) is 0 Å². The summed E-state index contributed by atoms with van der Waals surface area (Å²) in [5.74, 6) is -0.376. The molecule has 0 spiro atoms. The maximum absolute atomic E-state index is 12.4. The molecule has 2 heterocycles. The SMILES string of the molecule is Cc1cccc(N(CC(=O)NCc2cccn3nccc23)S(C)(=O)=O)c1. The van der Waals surface area contributed by atoms with E-state index in [0.29, 0.717) is 12.2 Å². The molecule has 1 N–H and O–H groups in total. The standard InChI is InChI=1S/C18H20N4O3S/c1-14-5-3-7-16(11-14)22(26(2,24)25)13-18(23)19-12-15-6-4-10-21-17(15)8-9-20-21/h3-11H,12-13H2,1-2H3,(H,19,23). The molecule has 0 saturated heterocycles. The summed E-state index contributed by atoms with van der Waals surface area (Å²) in [4.78, 5) is 12.4. The minimum atomic E-state index is -3.58. The Labute approximate surface area is 152 Å². The summed E-state index contributed by atoms with van der Waals surface area (Å²) < 4.78 is 27.1. The minimum Gasteiger partial charge on any atom is -0.350 e. The molecule has 2 aromatic heterocycles. The second kappa shape index (κ2) is 7.17. The van der Waals surface area contributed by atoms with Crippen molar-refractivity contribution < 1.29 is 13.2 Å². The van der Waals surface area contributed by atoms with Gasteiger partial charge in [0.25, 0.3) is 0 Å². The third-order valence-corrected chi connectivity index (χ3v) is 5.12. The van der Waals surface area contributed by atoms with Crippen LogP contribution in [0.3, 0.4) is 0 Å². The lowest BCUT2D eigenvalue weighted by molar-refractivity contribution is -0.119. The lowest BCUT2D eigenvalue weighted by Gasteiger charge is -2.22. The largest absolute Gasteiger partial charge is 0.350 e. The number of amides is 1. The Morgan fingerprint density at radius 1 is 1.23 bits per heavy atom. The topological polar surface area (TPSA) is 83.8 Å². The first-order valence-electron chi connectivity index (χ1n) is 8.07. The number of hydrogen-bond acceptors (Lipinski definition) is 4. The van der Waals surface area contributed by atoms with E-state index in [0.717, 1.165) is 27.2 Å². The van der Waals surface area contributed by atoms with Gasteiger partial charge in [0.15, 0.2) is 0 Å². The first-order chi connectivity index (χ1) is 12.3. The molecule has 0 radical (unpaired) electrons. The van der Waals surface area contributed by atoms with E-state index in [2.05, 4.69) is 10.4 Å². The smallest absolute Gasteiger partial charge is 0.241 e.